The molecule has 0 aliphatic carbocycles. The molecule has 0 aliphatic heterocycles. The van der Waals surface area contributed by atoms with Crippen molar-refractivity contribution in [2.24, 2.45) is 0 Å². The van der Waals surface area contributed by atoms with Gasteiger partial charge in [0.1, 0.15) is 0 Å². The van der Waals surface area contributed by atoms with Crippen molar-refractivity contribution in [1.82, 2.24) is 0 Å². The molecule has 0 aromatic carbocycles. The average Bonchev–Trinajstić information content (AvgIpc) is 1.55. The summed E-state index contributed by atoms with van der Waals surface area (Å²) in [4.78, 5) is 0. The Morgan fingerprint density at radius 2 is 1.82 bits per heavy atom. The summed E-state index contributed by atoms with van der Waals surface area (Å²) < 4.78 is 25.9. The van der Waals surface area contributed by atoms with Gasteiger partial charge >= 0.3 is 0 Å². The Balaban J connectivity index is 3.61. The lowest BCUT2D eigenvalue weighted by atomic mass is 10.2. The van der Waals surface area contributed by atoms with Gasteiger partial charge in [-0.2, -0.15) is 0 Å². The molecule has 0 bridgehead atoms. The smallest absolute Gasteiger partial charge is 0.234 e. The zero-order chi connectivity index (χ0) is 9.12. The van der Waals surface area contributed by atoms with Crippen LogP contribution in [-0.4, -0.2) is 26.4 Å². The summed E-state index contributed by atoms with van der Waals surface area (Å²) in [6.45, 7) is 5.71. The average molecular weight is 201 g/mol. The van der Waals surface area contributed by atoms with E-state index >= 15 is 0 Å². The second kappa shape index (κ2) is 3.74. The molecule has 0 aliphatic rings. The SMILES string of the molecule is CC(C)(C)OCCS(=O)(=O)Cl. The molecule has 0 amide bonds. The van der Waals surface area contributed by atoms with E-state index in [1.165, 1.54) is 0 Å². The fraction of sp³-hybridized carbons (Fsp3) is 1.00. The summed E-state index contributed by atoms with van der Waals surface area (Å²) in [6, 6.07) is 0. The fourth-order valence-electron chi connectivity index (χ4n) is 0.447. The van der Waals surface area contributed by atoms with Gasteiger partial charge in [-0.25, -0.2) is 8.42 Å². The second-order valence-electron chi connectivity index (χ2n) is 3.20. The van der Waals surface area contributed by atoms with Gasteiger partial charge in [0, 0.05) is 10.7 Å². The number of rotatable bonds is 3. The molecule has 0 heterocycles. The van der Waals surface area contributed by atoms with Gasteiger partial charge in [-0.3, -0.25) is 0 Å². The Morgan fingerprint density at radius 1 is 1.36 bits per heavy atom. The molecule has 0 aromatic heterocycles. The lowest BCUT2D eigenvalue weighted by Gasteiger charge is -2.18. The molecular formula is C6H13ClO3S. The second-order valence-corrected chi connectivity index (χ2v) is 6.10. The van der Waals surface area contributed by atoms with Crippen molar-refractivity contribution in [1.29, 1.82) is 0 Å². The summed E-state index contributed by atoms with van der Waals surface area (Å²) in [5.41, 5.74) is -0.304. The van der Waals surface area contributed by atoms with Gasteiger partial charge in [0.25, 0.3) is 0 Å². The molecule has 68 valence electrons. The first-order valence-electron chi connectivity index (χ1n) is 3.27. The molecule has 3 nitrogen and oxygen atoms in total. The van der Waals surface area contributed by atoms with Crippen molar-refractivity contribution in [3.63, 3.8) is 0 Å². The van der Waals surface area contributed by atoms with E-state index in [0.29, 0.717) is 0 Å². The van der Waals surface area contributed by atoms with Gasteiger partial charge in [-0.15, -0.1) is 0 Å². The summed E-state index contributed by atoms with van der Waals surface area (Å²) in [7, 11) is 1.55. The summed E-state index contributed by atoms with van der Waals surface area (Å²) >= 11 is 0. The minimum absolute atomic E-state index is 0.133. The Bertz CT molecular complexity index is 202. The van der Waals surface area contributed by atoms with Crippen molar-refractivity contribution in [2.45, 2.75) is 26.4 Å². The van der Waals surface area contributed by atoms with Crippen molar-refractivity contribution < 1.29 is 13.2 Å². The van der Waals surface area contributed by atoms with Gasteiger partial charge in [0.15, 0.2) is 0 Å². The van der Waals surface area contributed by atoms with Gasteiger partial charge < -0.3 is 4.74 Å². The molecule has 0 saturated carbocycles. The first-order valence-corrected chi connectivity index (χ1v) is 5.75. The molecule has 11 heavy (non-hydrogen) atoms. The van der Waals surface area contributed by atoms with Crippen molar-refractivity contribution in [2.75, 3.05) is 12.4 Å². The van der Waals surface area contributed by atoms with E-state index in [4.69, 9.17) is 15.4 Å². The summed E-state index contributed by atoms with van der Waals surface area (Å²) in [5.74, 6) is -0.133. The van der Waals surface area contributed by atoms with E-state index in [2.05, 4.69) is 0 Å². The van der Waals surface area contributed by atoms with E-state index in [1.54, 1.807) is 0 Å². The predicted octanol–water partition coefficient (Wildman–Crippen LogP) is 1.37. The largest absolute Gasteiger partial charge is 0.375 e. The minimum Gasteiger partial charge on any atom is -0.375 e. The molecule has 5 heteroatoms. The number of ether oxygens (including phenoxy) is 1. The van der Waals surface area contributed by atoms with Crippen molar-refractivity contribution in [3.05, 3.63) is 0 Å². The van der Waals surface area contributed by atoms with Crippen LogP contribution in [0.5, 0.6) is 0 Å². The molecular weight excluding hydrogens is 188 g/mol. The predicted molar refractivity (Wildman–Crippen MR) is 45.3 cm³/mol. The van der Waals surface area contributed by atoms with Crippen LogP contribution in [0.3, 0.4) is 0 Å². The molecule has 0 fully saturated rings. The molecule has 0 atom stereocenters. The highest BCUT2D eigenvalue weighted by Crippen LogP contribution is 2.07. The standard InChI is InChI=1S/C6H13ClO3S/c1-6(2,3)10-4-5-11(7,8)9/h4-5H2,1-3H3. The third-order valence-electron chi connectivity index (χ3n) is 0.862. The van der Waals surface area contributed by atoms with Crippen LogP contribution >= 0.6 is 10.7 Å². The maximum absolute atomic E-state index is 10.4. The Hall–Kier alpha value is 0.200. The van der Waals surface area contributed by atoms with Crippen LogP contribution in [0.15, 0.2) is 0 Å². The Kier molecular flexibility index (Phi) is 3.80. The zero-order valence-electron chi connectivity index (χ0n) is 6.93. The van der Waals surface area contributed by atoms with Crippen LogP contribution in [-0.2, 0) is 13.8 Å². The van der Waals surface area contributed by atoms with Gasteiger partial charge in [0.05, 0.1) is 18.0 Å². The van der Waals surface area contributed by atoms with E-state index in [-0.39, 0.29) is 18.0 Å². The van der Waals surface area contributed by atoms with Crippen LogP contribution < -0.4 is 0 Å². The Morgan fingerprint density at radius 3 is 2.09 bits per heavy atom. The van der Waals surface area contributed by atoms with Crippen LogP contribution in [0.25, 0.3) is 0 Å². The molecule has 0 radical (unpaired) electrons. The van der Waals surface area contributed by atoms with E-state index in [1.807, 2.05) is 20.8 Å². The first kappa shape index (κ1) is 11.2. The monoisotopic (exact) mass is 200 g/mol. The van der Waals surface area contributed by atoms with Gasteiger partial charge in [-0.05, 0) is 20.8 Å². The highest BCUT2D eigenvalue weighted by atomic mass is 35.7. The van der Waals surface area contributed by atoms with Crippen LogP contribution in [0.1, 0.15) is 20.8 Å². The third-order valence-corrected chi connectivity index (χ3v) is 1.98. The number of hydrogen-bond acceptors (Lipinski definition) is 3. The lowest BCUT2D eigenvalue weighted by Crippen LogP contribution is -2.22. The molecule has 0 aromatic rings. The van der Waals surface area contributed by atoms with Gasteiger partial charge in [-0.1, -0.05) is 0 Å². The molecule has 0 rings (SSSR count). The van der Waals surface area contributed by atoms with E-state index < -0.39 is 9.05 Å². The third kappa shape index (κ3) is 10.2. The lowest BCUT2D eigenvalue weighted by molar-refractivity contribution is 0.00656. The topological polar surface area (TPSA) is 43.4 Å². The highest BCUT2D eigenvalue weighted by Gasteiger charge is 2.12. The van der Waals surface area contributed by atoms with Crippen molar-refractivity contribution >= 4 is 19.7 Å². The van der Waals surface area contributed by atoms with Crippen molar-refractivity contribution in [3.8, 4) is 0 Å². The first-order chi connectivity index (χ1) is 4.71. The minimum atomic E-state index is -3.40. The molecule has 0 saturated heterocycles. The molecule has 0 unspecified atom stereocenters. The highest BCUT2D eigenvalue weighted by molar-refractivity contribution is 8.13. The van der Waals surface area contributed by atoms with Crippen LogP contribution in [0.4, 0.5) is 0 Å². The normalized spacial score (nSPS) is 13.5. The fourth-order valence-corrected chi connectivity index (χ4v) is 0.919. The summed E-state index contributed by atoms with van der Waals surface area (Å²) in [6.07, 6.45) is 0. The Labute approximate surface area is 72.1 Å². The zero-order valence-corrected chi connectivity index (χ0v) is 8.50. The van der Waals surface area contributed by atoms with E-state index in [0.717, 1.165) is 0 Å². The summed E-state index contributed by atoms with van der Waals surface area (Å²) in [5, 5.41) is 0. The van der Waals surface area contributed by atoms with Crippen LogP contribution in [0.2, 0.25) is 0 Å². The van der Waals surface area contributed by atoms with E-state index in [9.17, 15) is 8.42 Å². The quantitative estimate of drug-likeness (QED) is 0.647. The maximum atomic E-state index is 10.4. The van der Waals surface area contributed by atoms with Crippen LogP contribution in [0, 0.1) is 0 Å². The maximum Gasteiger partial charge on any atom is 0.234 e. The van der Waals surface area contributed by atoms with Gasteiger partial charge in [0.2, 0.25) is 9.05 Å². The number of halogens is 1. The molecule has 0 spiro atoms. The molecule has 0 N–H and O–H groups in total. The number of hydrogen-bond donors (Lipinski definition) is 0.